The van der Waals surface area contributed by atoms with Gasteiger partial charge in [0, 0.05) is 6.42 Å². The Labute approximate surface area is 84.7 Å². The molecule has 82 valence electrons. The molecular formula is C10H19NO3. The van der Waals surface area contributed by atoms with Crippen LogP contribution >= 0.6 is 0 Å². The summed E-state index contributed by atoms with van der Waals surface area (Å²) in [5.41, 5.74) is 0. The SMILES string of the molecule is CCCCNC(CCC(C)=O)C(=O)O. The van der Waals surface area contributed by atoms with Crippen molar-refractivity contribution in [3.8, 4) is 0 Å². The fourth-order valence-electron chi connectivity index (χ4n) is 1.11. The molecule has 1 atom stereocenters. The second-order valence-corrected chi connectivity index (χ2v) is 3.44. The zero-order valence-electron chi connectivity index (χ0n) is 8.88. The predicted octanol–water partition coefficient (Wildman–Crippen LogP) is 1.20. The predicted molar refractivity (Wildman–Crippen MR) is 54.2 cm³/mol. The molecule has 0 aromatic rings. The number of Topliss-reactive ketones (excluding diaryl/α,β-unsaturated/α-hetero) is 1. The lowest BCUT2D eigenvalue weighted by atomic mass is 10.1. The van der Waals surface area contributed by atoms with Crippen LogP contribution in [0, 0.1) is 0 Å². The van der Waals surface area contributed by atoms with E-state index in [0.29, 0.717) is 19.4 Å². The fraction of sp³-hybridized carbons (Fsp3) is 0.800. The van der Waals surface area contributed by atoms with E-state index in [9.17, 15) is 9.59 Å². The molecule has 0 spiro atoms. The van der Waals surface area contributed by atoms with Crippen LogP contribution in [0.3, 0.4) is 0 Å². The summed E-state index contributed by atoms with van der Waals surface area (Å²) in [5.74, 6) is -0.837. The third-order valence-electron chi connectivity index (χ3n) is 2.00. The number of carbonyl (C=O) groups is 2. The van der Waals surface area contributed by atoms with Gasteiger partial charge < -0.3 is 15.2 Å². The maximum absolute atomic E-state index is 10.7. The van der Waals surface area contributed by atoms with Crippen LogP contribution in [-0.2, 0) is 9.59 Å². The van der Waals surface area contributed by atoms with E-state index < -0.39 is 12.0 Å². The van der Waals surface area contributed by atoms with Crippen LogP contribution in [0.25, 0.3) is 0 Å². The zero-order valence-corrected chi connectivity index (χ0v) is 8.88. The number of carboxylic acid groups (broad SMARTS) is 1. The highest BCUT2D eigenvalue weighted by Gasteiger charge is 2.16. The van der Waals surface area contributed by atoms with Gasteiger partial charge in [-0.1, -0.05) is 13.3 Å². The highest BCUT2D eigenvalue weighted by Crippen LogP contribution is 1.99. The molecule has 0 fully saturated rings. The van der Waals surface area contributed by atoms with Gasteiger partial charge in [0.25, 0.3) is 0 Å². The highest BCUT2D eigenvalue weighted by molar-refractivity contribution is 5.78. The normalized spacial score (nSPS) is 12.4. The van der Waals surface area contributed by atoms with Gasteiger partial charge in [0.2, 0.25) is 0 Å². The van der Waals surface area contributed by atoms with Crippen molar-refractivity contribution in [3.05, 3.63) is 0 Å². The van der Waals surface area contributed by atoms with Crippen molar-refractivity contribution in [1.82, 2.24) is 5.32 Å². The summed E-state index contributed by atoms with van der Waals surface area (Å²) >= 11 is 0. The number of ketones is 1. The highest BCUT2D eigenvalue weighted by atomic mass is 16.4. The number of aliphatic carboxylic acids is 1. The Bertz CT molecular complexity index is 192. The molecule has 0 saturated heterocycles. The molecule has 0 amide bonds. The molecule has 1 unspecified atom stereocenters. The first kappa shape index (κ1) is 13.1. The van der Waals surface area contributed by atoms with Crippen molar-refractivity contribution >= 4 is 11.8 Å². The summed E-state index contributed by atoms with van der Waals surface area (Å²) < 4.78 is 0. The Hall–Kier alpha value is -0.900. The number of carbonyl (C=O) groups excluding carboxylic acids is 1. The Morgan fingerprint density at radius 2 is 2.07 bits per heavy atom. The molecule has 0 aliphatic rings. The first-order chi connectivity index (χ1) is 6.57. The maximum atomic E-state index is 10.7. The Kier molecular flexibility index (Phi) is 7.02. The second-order valence-electron chi connectivity index (χ2n) is 3.44. The molecule has 4 nitrogen and oxygen atoms in total. The lowest BCUT2D eigenvalue weighted by Gasteiger charge is -2.12. The van der Waals surface area contributed by atoms with Gasteiger partial charge in [-0.25, -0.2) is 0 Å². The Balaban J connectivity index is 3.78. The van der Waals surface area contributed by atoms with Crippen LogP contribution in [0.15, 0.2) is 0 Å². The summed E-state index contributed by atoms with van der Waals surface area (Å²) in [4.78, 5) is 21.4. The molecule has 0 aromatic heterocycles. The van der Waals surface area contributed by atoms with E-state index in [1.54, 1.807) is 0 Å². The molecule has 0 heterocycles. The molecule has 0 saturated carbocycles. The van der Waals surface area contributed by atoms with Crippen molar-refractivity contribution in [2.75, 3.05) is 6.54 Å². The van der Waals surface area contributed by atoms with E-state index in [2.05, 4.69) is 5.32 Å². The summed E-state index contributed by atoms with van der Waals surface area (Å²) in [6.45, 7) is 4.23. The smallest absolute Gasteiger partial charge is 0.320 e. The third-order valence-corrected chi connectivity index (χ3v) is 2.00. The molecule has 4 heteroatoms. The summed E-state index contributed by atoms with van der Waals surface area (Å²) in [5, 5.41) is 11.7. The van der Waals surface area contributed by atoms with E-state index in [1.165, 1.54) is 6.92 Å². The van der Waals surface area contributed by atoms with Crippen LogP contribution in [-0.4, -0.2) is 29.4 Å². The van der Waals surface area contributed by atoms with Gasteiger partial charge in [0.15, 0.2) is 0 Å². The number of hydrogen-bond donors (Lipinski definition) is 2. The average molecular weight is 201 g/mol. The number of nitrogens with one attached hydrogen (secondary N) is 1. The Morgan fingerprint density at radius 3 is 2.50 bits per heavy atom. The molecule has 0 aliphatic carbocycles. The van der Waals surface area contributed by atoms with Gasteiger partial charge >= 0.3 is 5.97 Å². The van der Waals surface area contributed by atoms with Crippen molar-refractivity contribution in [2.24, 2.45) is 0 Å². The van der Waals surface area contributed by atoms with E-state index in [0.717, 1.165) is 12.8 Å². The van der Waals surface area contributed by atoms with Crippen molar-refractivity contribution in [2.45, 2.75) is 45.6 Å². The fourth-order valence-corrected chi connectivity index (χ4v) is 1.11. The van der Waals surface area contributed by atoms with Crippen LogP contribution in [0.4, 0.5) is 0 Å². The van der Waals surface area contributed by atoms with E-state index in [4.69, 9.17) is 5.11 Å². The molecule has 2 N–H and O–H groups in total. The van der Waals surface area contributed by atoms with Gasteiger partial charge in [-0.3, -0.25) is 4.79 Å². The molecule has 0 aliphatic heterocycles. The van der Waals surface area contributed by atoms with Crippen LogP contribution in [0.1, 0.15) is 39.5 Å². The molecule has 0 aromatic carbocycles. The largest absolute Gasteiger partial charge is 0.480 e. The molecule has 0 radical (unpaired) electrons. The number of carboxylic acids is 1. The minimum atomic E-state index is -0.873. The van der Waals surface area contributed by atoms with Crippen LogP contribution in [0.5, 0.6) is 0 Å². The zero-order chi connectivity index (χ0) is 11.0. The number of unbranched alkanes of at least 4 members (excludes halogenated alkanes) is 1. The Morgan fingerprint density at radius 1 is 1.43 bits per heavy atom. The molecule has 0 bridgehead atoms. The molecule has 0 rings (SSSR count). The summed E-state index contributed by atoms with van der Waals surface area (Å²) in [7, 11) is 0. The van der Waals surface area contributed by atoms with E-state index >= 15 is 0 Å². The number of rotatable bonds is 8. The monoisotopic (exact) mass is 201 g/mol. The average Bonchev–Trinajstić information content (AvgIpc) is 2.10. The lowest BCUT2D eigenvalue weighted by Crippen LogP contribution is -2.37. The topological polar surface area (TPSA) is 66.4 Å². The quantitative estimate of drug-likeness (QED) is 0.579. The van der Waals surface area contributed by atoms with Gasteiger partial charge in [-0.2, -0.15) is 0 Å². The lowest BCUT2D eigenvalue weighted by molar-refractivity contribution is -0.139. The molecular weight excluding hydrogens is 182 g/mol. The minimum Gasteiger partial charge on any atom is -0.480 e. The standard InChI is InChI=1S/C10H19NO3/c1-3-4-7-11-9(10(13)14)6-5-8(2)12/h9,11H,3-7H2,1-2H3,(H,13,14). The second kappa shape index (κ2) is 7.50. The molecule has 14 heavy (non-hydrogen) atoms. The van der Waals surface area contributed by atoms with Crippen molar-refractivity contribution in [3.63, 3.8) is 0 Å². The van der Waals surface area contributed by atoms with Gasteiger partial charge in [-0.05, 0) is 26.3 Å². The van der Waals surface area contributed by atoms with Crippen LogP contribution in [0.2, 0.25) is 0 Å². The minimum absolute atomic E-state index is 0.0357. The summed E-state index contributed by atoms with van der Waals surface area (Å²) in [6, 6.07) is -0.578. The maximum Gasteiger partial charge on any atom is 0.320 e. The van der Waals surface area contributed by atoms with Crippen molar-refractivity contribution < 1.29 is 14.7 Å². The van der Waals surface area contributed by atoms with E-state index in [-0.39, 0.29) is 5.78 Å². The third kappa shape index (κ3) is 6.60. The van der Waals surface area contributed by atoms with Gasteiger partial charge in [-0.15, -0.1) is 0 Å². The van der Waals surface area contributed by atoms with E-state index in [1.807, 2.05) is 6.92 Å². The first-order valence-electron chi connectivity index (χ1n) is 5.03. The summed E-state index contributed by atoms with van der Waals surface area (Å²) in [6.07, 6.45) is 2.71. The van der Waals surface area contributed by atoms with Crippen molar-refractivity contribution in [1.29, 1.82) is 0 Å². The van der Waals surface area contributed by atoms with Gasteiger partial charge in [0.05, 0.1) is 0 Å². The number of hydrogen-bond acceptors (Lipinski definition) is 3. The first-order valence-corrected chi connectivity index (χ1v) is 5.03. The van der Waals surface area contributed by atoms with Crippen LogP contribution < -0.4 is 5.32 Å². The van der Waals surface area contributed by atoms with Gasteiger partial charge in [0.1, 0.15) is 11.8 Å².